The predicted octanol–water partition coefficient (Wildman–Crippen LogP) is 2.27. The quantitative estimate of drug-likeness (QED) is 0.712. The first kappa shape index (κ1) is 13.3. The number of hydrogen-bond donors (Lipinski definition) is 2. The van der Waals surface area contributed by atoms with E-state index >= 15 is 0 Å². The first-order chi connectivity index (χ1) is 6.97. The van der Waals surface area contributed by atoms with Gasteiger partial charge in [0.2, 0.25) is 0 Å². The van der Waals surface area contributed by atoms with Crippen molar-refractivity contribution >= 4 is 11.8 Å². The van der Waals surface area contributed by atoms with Crippen LogP contribution in [-0.2, 0) is 0 Å². The number of thioether (sulfide) groups is 1. The summed E-state index contributed by atoms with van der Waals surface area (Å²) >= 11 is 1.84. The highest BCUT2D eigenvalue weighted by Gasteiger charge is 2.36. The molecule has 3 heteroatoms. The van der Waals surface area contributed by atoms with E-state index in [4.69, 9.17) is 0 Å². The van der Waals surface area contributed by atoms with Crippen LogP contribution in [0.15, 0.2) is 0 Å². The van der Waals surface area contributed by atoms with Crippen molar-refractivity contribution in [2.45, 2.75) is 45.1 Å². The molecule has 0 saturated heterocycles. The Bertz CT molecular complexity index is 184. The van der Waals surface area contributed by atoms with Crippen LogP contribution in [-0.4, -0.2) is 35.8 Å². The molecule has 1 aliphatic rings. The Morgan fingerprint density at radius 3 is 2.33 bits per heavy atom. The molecule has 0 aromatic heterocycles. The SMILES string of the molecule is CSCCNCC1(O)CCC(C)(C)CC1. The third kappa shape index (κ3) is 4.75. The van der Waals surface area contributed by atoms with Crippen molar-refractivity contribution in [3.05, 3.63) is 0 Å². The lowest BCUT2D eigenvalue weighted by molar-refractivity contribution is -0.0238. The molecule has 1 saturated carbocycles. The lowest BCUT2D eigenvalue weighted by Gasteiger charge is -2.40. The van der Waals surface area contributed by atoms with Gasteiger partial charge in [0.1, 0.15) is 0 Å². The first-order valence-electron chi connectivity index (χ1n) is 5.90. The summed E-state index contributed by atoms with van der Waals surface area (Å²) in [5.74, 6) is 1.13. The topological polar surface area (TPSA) is 32.3 Å². The average Bonchev–Trinajstić information content (AvgIpc) is 2.19. The second kappa shape index (κ2) is 5.55. The van der Waals surface area contributed by atoms with E-state index in [-0.39, 0.29) is 0 Å². The lowest BCUT2D eigenvalue weighted by atomic mass is 9.71. The van der Waals surface area contributed by atoms with Crippen LogP contribution in [0.2, 0.25) is 0 Å². The summed E-state index contributed by atoms with van der Waals surface area (Å²) in [6.45, 7) is 6.37. The minimum atomic E-state index is -0.437. The Balaban J connectivity index is 2.23. The molecule has 0 bridgehead atoms. The van der Waals surface area contributed by atoms with Gasteiger partial charge in [0.25, 0.3) is 0 Å². The van der Waals surface area contributed by atoms with E-state index in [1.54, 1.807) is 0 Å². The Labute approximate surface area is 98.2 Å². The first-order valence-corrected chi connectivity index (χ1v) is 7.29. The summed E-state index contributed by atoms with van der Waals surface area (Å²) in [6, 6.07) is 0. The van der Waals surface area contributed by atoms with Crippen molar-refractivity contribution in [2.75, 3.05) is 25.1 Å². The smallest absolute Gasteiger partial charge is 0.0772 e. The molecule has 0 amide bonds. The monoisotopic (exact) mass is 231 g/mol. The molecule has 0 heterocycles. The van der Waals surface area contributed by atoms with Crippen molar-refractivity contribution in [2.24, 2.45) is 5.41 Å². The summed E-state index contributed by atoms with van der Waals surface area (Å²) in [4.78, 5) is 0. The van der Waals surface area contributed by atoms with Crippen LogP contribution in [0.5, 0.6) is 0 Å². The fourth-order valence-corrected chi connectivity index (χ4v) is 2.41. The van der Waals surface area contributed by atoms with Crippen molar-refractivity contribution in [1.82, 2.24) is 5.32 Å². The predicted molar refractivity (Wildman–Crippen MR) is 68.5 cm³/mol. The molecule has 0 spiro atoms. The van der Waals surface area contributed by atoms with Crippen LogP contribution in [0.25, 0.3) is 0 Å². The number of rotatable bonds is 5. The van der Waals surface area contributed by atoms with Crippen molar-refractivity contribution in [3.8, 4) is 0 Å². The van der Waals surface area contributed by atoms with Gasteiger partial charge in [-0.05, 0) is 37.4 Å². The largest absolute Gasteiger partial charge is 0.389 e. The van der Waals surface area contributed by atoms with E-state index in [1.165, 1.54) is 0 Å². The fourth-order valence-electron chi connectivity index (χ4n) is 2.06. The second-order valence-corrected chi connectivity index (χ2v) is 6.54. The highest BCUT2D eigenvalue weighted by Crippen LogP contribution is 2.39. The Morgan fingerprint density at radius 2 is 1.80 bits per heavy atom. The summed E-state index contributed by atoms with van der Waals surface area (Å²) < 4.78 is 0. The van der Waals surface area contributed by atoms with Gasteiger partial charge in [-0.15, -0.1) is 0 Å². The molecular formula is C12H25NOS. The maximum Gasteiger partial charge on any atom is 0.0772 e. The molecule has 90 valence electrons. The van der Waals surface area contributed by atoms with Gasteiger partial charge in [0, 0.05) is 18.8 Å². The van der Waals surface area contributed by atoms with Crippen LogP contribution in [0, 0.1) is 5.41 Å². The van der Waals surface area contributed by atoms with Crippen molar-refractivity contribution < 1.29 is 5.11 Å². The summed E-state index contributed by atoms with van der Waals surface area (Å²) in [5, 5.41) is 13.7. The molecule has 2 N–H and O–H groups in total. The molecule has 1 fully saturated rings. The minimum absolute atomic E-state index is 0.436. The molecule has 15 heavy (non-hydrogen) atoms. The van der Waals surface area contributed by atoms with Gasteiger partial charge in [-0.25, -0.2) is 0 Å². The van der Waals surface area contributed by atoms with Crippen LogP contribution >= 0.6 is 11.8 Å². The van der Waals surface area contributed by atoms with Gasteiger partial charge >= 0.3 is 0 Å². The summed E-state index contributed by atoms with van der Waals surface area (Å²) in [5.41, 5.74) is -0.000567. The fraction of sp³-hybridized carbons (Fsp3) is 1.00. The number of nitrogens with one attached hydrogen (secondary N) is 1. The molecule has 0 unspecified atom stereocenters. The zero-order chi connectivity index (χ0) is 11.4. The zero-order valence-electron chi connectivity index (χ0n) is 10.3. The van der Waals surface area contributed by atoms with Crippen molar-refractivity contribution in [3.63, 3.8) is 0 Å². The van der Waals surface area contributed by atoms with Gasteiger partial charge in [0.05, 0.1) is 5.60 Å². The highest BCUT2D eigenvalue weighted by atomic mass is 32.2. The zero-order valence-corrected chi connectivity index (χ0v) is 11.1. The van der Waals surface area contributed by atoms with Gasteiger partial charge in [-0.1, -0.05) is 13.8 Å². The molecule has 0 aromatic rings. The second-order valence-electron chi connectivity index (χ2n) is 5.56. The van der Waals surface area contributed by atoms with Gasteiger partial charge < -0.3 is 10.4 Å². The van der Waals surface area contributed by atoms with E-state index in [0.717, 1.165) is 44.5 Å². The molecule has 0 aromatic carbocycles. The Kier molecular flexibility index (Phi) is 4.94. The average molecular weight is 231 g/mol. The minimum Gasteiger partial charge on any atom is -0.389 e. The summed E-state index contributed by atoms with van der Waals surface area (Å²) in [7, 11) is 0. The van der Waals surface area contributed by atoms with Crippen molar-refractivity contribution in [1.29, 1.82) is 0 Å². The van der Waals surface area contributed by atoms with Crippen LogP contribution in [0.3, 0.4) is 0 Å². The number of hydrogen-bond acceptors (Lipinski definition) is 3. The van der Waals surface area contributed by atoms with Gasteiger partial charge in [0.15, 0.2) is 0 Å². The highest BCUT2D eigenvalue weighted by molar-refractivity contribution is 7.98. The maximum absolute atomic E-state index is 10.3. The molecule has 0 radical (unpaired) electrons. The molecule has 0 aliphatic heterocycles. The maximum atomic E-state index is 10.3. The molecular weight excluding hydrogens is 206 g/mol. The van der Waals surface area contributed by atoms with E-state index in [1.807, 2.05) is 11.8 Å². The van der Waals surface area contributed by atoms with E-state index in [2.05, 4.69) is 25.4 Å². The van der Waals surface area contributed by atoms with Crippen LogP contribution in [0.1, 0.15) is 39.5 Å². The Morgan fingerprint density at radius 1 is 1.20 bits per heavy atom. The standard InChI is InChI=1S/C12H25NOS/c1-11(2)4-6-12(14,7-5-11)10-13-8-9-15-3/h13-14H,4-10H2,1-3H3. The Hall–Kier alpha value is 0.270. The third-order valence-electron chi connectivity index (χ3n) is 3.47. The van der Waals surface area contributed by atoms with Crippen LogP contribution < -0.4 is 5.32 Å². The molecule has 1 rings (SSSR count). The van der Waals surface area contributed by atoms with Gasteiger partial charge in [-0.2, -0.15) is 11.8 Å². The van der Waals surface area contributed by atoms with Gasteiger partial charge in [-0.3, -0.25) is 0 Å². The van der Waals surface area contributed by atoms with E-state index < -0.39 is 5.60 Å². The lowest BCUT2D eigenvalue weighted by Crippen LogP contribution is -2.45. The molecule has 1 aliphatic carbocycles. The van der Waals surface area contributed by atoms with E-state index in [9.17, 15) is 5.11 Å². The normalized spacial score (nSPS) is 24.0. The summed E-state index contributed by atoms with van der Waals surface area (Å²) in [6.07, 6.45) is 6.31. The van der Waals surface area contributed by atoms with Crippen LogP contribution in [0.4, 0.5) is 0 Å². The third-order valence-corrected chi connectivity index (χ3v) is 4.08. The number of aliphatic hydroxyl groups is 1. The molecule has 2 nitrogen and oxygen atoms in total. The van der Waals surface area contributed by atoms with E-state index in [0.29, 0.717) is 5.41 Å². The molecule has 0 atom stereocenters.